The van der Waals surface area contributed by atoms with Gasteiger partial charge in [-0.25, -0.2) is 0 Å². The molecule has 0 aromatic rings. The second-order valence-electron chi connectivity index (χ2n) is 4.86. The van der Waals surface area contributed by atoms with E-state index in [1.807, 2.05) is 6.08 Å². The summed E-state index contributed by atoms with van der Waals surface area (Å²) in [7, 11) is -1.43. The molecule has 0 saturated heterocycles. The lowest BCUT2D eigenvalue weighted by Crippen LogP contribution is -2.30. The van der Waals surface area contributed by atoms with Gasteiger partial charge < -0.3 is 4.43 Å². The second-order valence-corrected chi connectivity index (χ2v) is 9.32. The van der Waals surface area contributed by atoms with Gasteiger partial charge in [-0.1, -0.05) is 38.0 Å². The van der Waals surface area contributed by atoms with Gasteiger partial charge in [0.1, 0.15) is 0 Å². The summed E-state index contributed by atoms with van der Waals surface area (Å²) >= 11 is 0. The first-order valence-corrected chi connectivity index (χ1v) is 9.35. The third-order valence-corrected chi connectivity index (χ3v) is 2.99. The van der Waals surface area contributed by atoms with Crippen molar-refractivity contribution < 1.29 is 4.43 Å². The highest BCUT2D eigenvalue weighted by molar-refractivity contribution is 6.69. The molecule has 0 aromatic heterocycles. The third-order valence-electron chi connectivity index (χ3n) is 1.98. The highest BCUT2D eigenvalue weighted by Crippen LogP contribution is 2.12. The van der Waals surface area contributed by atoms with Crippen molar-refractivity contribution in [2.45, 2.75) is 58.4 Å². The van der Waals surface area contributed by atoms with E-state index in [2.05, 4.69) is 45.3 Å². The molecule has 0 aromatic carbocycles. The second kappa shape index (κ2) is 7.89. The molecule has 0 aliphatic heterocycles. The Hall–Kier alpha value is -0.343. The lowest BCUT2D eigenvalue weighted by Gasteiger charge is -2.23. The Morgan fingerprint density at radius 3 is 2.47 bits per heavy atom. The predicted octanol–water partition coefficient (Wildman–Crippen LogP) is 4.53. The maximum atomic E-state index is 6.04. The predicted molar refractivity (Wildman–Crippen MR) is 71.7 cm³/mol. The van der Waals surface area contributed by atoms with Gasteiger partial charge in [-0.15, -0.1) is 6.58 Å². The van der Waals surface area contributed by atoms with Crippen molar-refractivity contribution in [3.05, 3.63) is 24.8 Å². The molecule has 15 heavy (non-hydrogen) atoms. The molecule has 0 saturated carbocycles. The minimum atomic E-state index is -1.43. The molecule has 0 bridgehead atoms. The lowest BCUT2D eigenvalue weighted by atomic mass is 10.2. The molecule has 2 heteroatoms. The van der Waals surface area contributed by atoms with Crippen LogP contribution in [-0.4, -0.2) is 14.4 Å². The number of hydrogen-bond donors (Lipinski definition) is 0. The number of allylic oxidation sites excluding steroid dienone is 1. The summed E-state index contributed by atoms with van der Waals surface area (Å²) in [6, 6.07) is 0. The van der Waals surface area contributed by atoms with E-state index >= 15 is 0 Å². The highest BCUT2D eigenvalue weighted by Gasteiger charge is 2.18. The average Bonchev–Trinajstić information content (AvgIpc) is 2.10. The molecule has 1 nitrogen and oxygen atoms in total. The molecule has 1 unspecified atom stereocenters. The first-order chi connectivity index (χ1) is 6.99. The molecule has 0 aliphatic carbocycles. The number of rotatable bonds is 8. The van der Waals surface area contributed by atoms with Crippen molar-refractivity contribution in [3.63, 3.8) is 0 Å². The molecule has 0 rings (SSSR count). The van der Waals surface area contributed by atoms with Crippen molar-refractivity contribution in [3.8, 4) is 0 Å². The van der Waals surface area contributed by atoms with Gasteiger partial charge in [0, 0.05) is 0 Å². The molecule has 0 amide bonds. The van der Waals surface area contributed by atoms with Crippen molar-refractivity contribution in [1.82, 2.24) is 0 Å². The van der Waals surface area contributed by atoms with Crippen molar-refractivity contribution in [1.29, 1.82) is 0 Å². The summed E-state index contributed by atoms with van der Waals surface area (Å²) in [4.78, 5) is 0. The van der Waals surface area contributed by atoms with Gasteiger partial charge in [0.05, 0.1) is 6.10 Å². The maximum Gasteiger partial charge on any atom is 0.184 e. The molecule has 0 aliphatic rings. The van der Waals surface area contributed by atoms with Crippen molar-refractivity contribution in [2.75, 3.05) is 0 Å². The molecular formula is C13H26OSi. The van der Waals surface area contributed by atoms with E-state index in [1.165, 1.54) is 19.3 Å². The van der Waals surface area contributed by atoms with E-state index in [4.69, 9.17) is 4.43 Å². The van der Waals surface area contributed by atoms with Crippen LogP contribution in [0.1, 0.15) is 32.6 Å². The fourth-order valence-corrected chi connectivity index (χ4v) is 2.44. The lowest BCUT2D eigenvalue weighted by molar-refractivity contribution is 0.245. The molecule has 0 N–H and O–H groups in total. The minimum Gasteiger partial charge on any atom is -0.411 e. The van der Waals surface area contributed by atoms with Crippen LogP contribution in [0.5, 0.6) is 0 Å². The summed E-state index contributed by atoms with van der Waals surface area (Å²) in [5, 5.41) is 0. The molecule has 0 heterocycles. The zero-order chi connectivity index (χ0) is 11.7. The van der Waals surface area contributed by atoms with Gasteiger partial charge in [-0.05, 0) is 32.5 Å². The van der Waals surface area contributed by atoms with Gasteiger partial charge in [0.15, 0.2) is 8.32 Å². The Morgan fingerprint density at radius 1 is 1.33 bits per heavy atom. The van der Waals surface area contributed by atoms with Gasteiger partial charge in [-0.2, -0.15) is 0 Å². The van der Waals surface area contributed by atoms with Crippen LogP contribution in [0.3, 0.4) is 0 Å². The minimum absolute atomic E-state index is 0.242. The molecular weight excluding hydrogens is 200 g/mol. The molecule has 88 valence electrons. The smallest absolute Gasteiger partial charge is 0.184 e. The van der Waals surface area contributed by atoms with Crippen LogP contribution in [0, 0.1) is 0 Å². The van der Waals surface area contributed by atoms with Crippen LogP contribution >= 0.6 is 0 Å². The first-order valence-electron chi connectivity index (χ1n) is 5.95. The zero-order valence-electron chi connectivity index (χ0n) is 10.8. The van der Waals surface area contributed by atoms with Crippen LogP contribution in [0.15, 0.2) is 24.8 Å². The Bertz CT molecular complexity index is 191. The van der Waals surface area contributed by atoms with Gasteiger partial charge in [0.25, 0.3) is 0 Å². The summed E-state index contributed by atoms with van der Waals surface area (Å²) in [5.41, 5.74) is 0. The first kappa shape index (κ1) is 14.7. The Kier molecular flexibility index (Phi) is 7.70. The third kappa shape index (κ3) is 9.95. The Labute approximate surface area is 96.4 Å². The van der Waals surface area contributed by atoms with Gasteiger partial charge in [0.2, 0.25) is 0 Å². The van der Waals surface area contributed by atoms with Crippen LogP contribution < -0.4 is 0 Å². The summed E-state index contributed by atoms with van der Waals surface area (Å²) in [6.07, 6.45) is 11.2. The summed E-state index contributed by atoms with van der Waals surface area (Å²) < 4.78 is 6.04. The summed E-state index contributed by atoms with van der Waals surface area (Å²) in [6.45, 7) is 12.7. The van der Waals surface area contributed by atoms with Crippen LogP contribution in [0.25, 0.3) is 0 Å². The van der Waals surface area contributed by atoms with E-state index in [9.17, 15) is 0 Å². The van der Waals surface area contributed by atoms with Gasteiger partial charge in [-0.3, -0.25) is 0 Å². The van der Waals surface area contributed by atoms with Crippen LogP contribution in [-0.2, 0) is 4.43 Å². The topological polar surface area (TPSA) is 9.23 Å². The van der Waals surface area contributed by atoms with E-state index < -0.39 is 8.32 Å². The van der Waals surface area contributed by atoms with Gasteiger partial charge >= 0.3 is 0 Å². The monoisotopic (exact) mass is 226 g/mol. The molecule has 0 radical (unpaired) electrons. The highest BCUT2D eigenvalue weighted by atomic mass is 28.4. The zero-order valence-corrected chi connectivity index (χ0v) is 11.8. The Balaban J connectivity index is 4.03. The molecule has 1 atom stereocenters. The number of unbranched alkanes of at least 4 members (excludes halogenated alkanes) is 2. The van der Waals surface area contributed by atoms with E-state index in [-0.39, 0.29) is 6.10 Å². The standard InChI is InChI=1S/C13H26OSi/c1-6-8-9-10-12-13(11-7-2)14-15(3,4)5/h7,10,12-13H,2,6,8-9,11H2,1,3-5H3/b12-10+. The Morgan fingerprint density at radius 2 is 2.00 bits per heavy atom. The SMILES string of the molecule is C=CCC(/C=C/CCCC)O[Si](C)(C)C. The van der Waals surface area contributed by atoms with Crippen molar-refractivity contribution >= 4 is 8.32 Å². The molecule has 0 spiro atoms. The van der Waals surface area contributed by atoms with E-state index in [0.29, 0.717) is 0 Å². The van der Waals surface area contributed by atoms with Crippen molar-refractivity contribution in [2.24, 2.45) is 0 Å². The number of hydrogen-bond acceptors (Lipinski definition) is 1. The van der Waals surface area contributed by atoms with E-state index in [0.717, 1.165) is 6.42 Å². The quantitative estimate of drug-likeness (QED) is 0.336. The molecule has 0 fully saturated rings. The average molecular weight is 226 g/mol. The fraction of sp³-hybridized carbons (Fsp3) is 0.692. The maximum absolute atomic E-state index is 6.04. The fourth-order valence-electron chi connectivity index (χ4n) is 1.35. The van der Waals surface area contributed by atoms with E-state index in [1.54, 1.807) is 0 Å². The van der Waals surface area contributed by atoms with Crippen LogP contribution in [0.2, 0.25) is 19.6 Å². The largest absolute Gasteiger partial charge is 0.411 e. The normalized spacial score (nSPS) is 14.4. The van der Waals surface area contributed by atoms with Crippen LogP contribution in [0.4, 0.5) is 0 Å². The summed E-state index contributed by atoms with van der Waals surface area (Å²) in [5.74, 6) is 0.